The van der Waals surface area contributed by atoms with E-state index in [1.807, 2.05) is 0 Å². The molecule has 2 atom stereocenters. The van der Waals surface area contributed by atoms with Gasteiger partial charge in [-0.3, -0.25) is 0 Å². The second kappa shape index (κ2) is 4.80. The van der Waals surface area contributed by atoms with E-state index in [0.29, 0.717) is 11.3 Å². The molecule has 1 heterocycles. The first kappa shape index (κ1) is 15.4. The molecule has 1 aromatic rings. The number of nitrogens with one attached hydrogen (secondary N) is 1. The summed E-state index contributed by atoms with van der Waals surface area (Å²) in [4.78, 5) is 2.72. The van der Waals surface area contributed by atoms with Gasteiger partial charge in [0.25, 0.3) is 0 Å². The number of alkyl halides is 3. The summed E-state index contributed by atoms with van der Waals surface area (Å²) in [5.41, 5.74) is 5.19. The maximum absolute atomic E-state index is 13.0. The lowest BCUT2D eigenvalue weighted by atomic mass is 9.75. The predicted octanol–water partition coefficient (Wildman–Crippen LogP) is 3.88. The molecule has 1 aliphatic rings. The van der Waals surface area contributed by atoms with Crippen LogP contribution in [0.4, 0.5) is 13.2 Å². The van der Waals surface area contributed by atoms with Crippen molar-refractivity contribution in [3.8, 4) is 0 Å². The Morgan fingerprint density at radius 3 is 2.57 bits per heavy atom. The van der Waals surface area contributed by atoms with Crippen molar-refractivity contribution in [2.24, 2.45) is 5.73 Å². The van der Waals surface area contributed by atoms with Gasteiger partial charge in [-0.2, -0.15) is 13.2 Å². The lowest BCUT2D eigenvalue weighted by Gasteiger charge is -2.34. The fourth-order valence-corrected chi connectivity index (χ4v) is 2.71. The van der Waals surface area contributed by atoms with Crippen molar-refractivity contribution in [3.05, 3.63) is 53.1 Å². The molecule has 0 saturated heterocycles. The molecule has 0 fully saturated rings. The number of aromatic nitrogens is 1. The second-order valence-corrected chi connectivity index (χ2v) is 5.45. The van der Waals surface area contributed by atoms with Crippen LogP contribution in [-0.4, -0.2) is 15.6 Å². The molecule has 0 bridgehead atoms. The summed E-state index contributed by atoms with van der Waals surface area (Å²) in [6, 6.07) is 1.03. The number of hydrogen-bond donors (Lipinski definition) is 3. The third kappa shape index (κ3) is 2.63. The molecule has 1 aliphatic carbocycles. The van der Waals surface area contributed by atoms with E-state index >= 15 is 0 Å². The van der Waals surface area contributed by atoms with Crippen LogP contribution < -0.4 is 5.73 Å². The Morgan fingerprint density at radius 1 is 1.48 bits per heavy atom. The Hall–Kier alpha value is -1.95. The summed E-state index contributed by atoms with van der Waals surface area (Å²) in [5.74, 6) is -0.552. The van der Waals surface area contributed by atoms with Crippen LogP contribution in [0.3, 0.4) is 0 Å². The molecule has 4 N–H and O–H groups in total. The number of rotatable bonds is 2. The third-order valence-electron chi connectivity index (χ3n) is 3.75. The highest BCUT2D eigenvalue weighted by Gasteiger charge is 2.39. The highest BCUT2D eigenvalue weighted by Crippen LogP contribution is 2.41. The molecule has 0 spiro atoms. The lowest BCUT2D eigenvalue weighted by Crippen LogP contribution is -2.43. The summed E-state index contributed by atoms with van der Waals surface area (Å²) in [6.45, 7) is 6.75. The zero-order valence-corrected chi connectivity index (χ0v) is 11.8. The quantitative estimate of drug-likeness (QED) is 0.776. The number of aliphatic hydroxyl groups excluding tert-OH is 1. The minimum atomic E-state index is -4.48. The number of H-pyrrole nitrogens is 1. The van der Waals surface area contributed by atoms with Crippen molar-refractivity contribution in [1.29, 1.82) is 0 Å². The minimum Gasteiger partial charge on any atom is -0.508 e. The predicted molar refractivity (Wildman–Crippen MR) is 75.7 cm³/mol. The molecule has 3 nitrogen and oxygen atoms in total. The van der Waals surface area contributed by atoms with E-state index in [9.17, 15) is 18.3 Å². The van der Waals surface area contributed by atoms with Gasteiger partial charge in [0.15, 0.2) is 0 Å². The fourth-order valence-electron chi connectivity index (χ4n) is 2.71. The van der Waals surface area contributed by atoms with Gasteiger partial charge in [-0.15, -0.1) is 0 Å². The Labute approximate surface area is 120 Å². The maximum atomic E-state index is 13.0. The largest absolute Gasteiger partial charge is 0.508 e. The van der Waals surface area contributed by atoms with Gasteiger partial charge in [0.1, 0.15) is 5.76 Å². The second-order valence-electron chi connectivity index (χ2n) is 5.45. The summed E-state index contributed by atoms with van der Waals surface area (Å²) in [6.07, 6.45) is -0.305. The molecule has 2 rings (SSSR count). The normalized spacial score (nSPS) is 26.3. The minimum absolute atomic E-state index is 0.0197. The zero-order chi connectivity index (χ0) is 16.0. The molecule has 0 radical (unpaired) electrons. The molecule has 2 unspecified atom stereocenters. The van der Waals surface area contributed by atoms with Gasteiger partial charge < -0.3 is 15.8 Å². The standard InChI is InChI=1S/C15H17F3N2O/c1-4-10-9(15(16,17)18)7-11(20-10)13-8(2)12(21)5-6-14(13,3)19/h4-7,13,20-21H,1,19H2,2-3H3. The highest BCUT2D eigenvalue weighted by molar-refractivity contribution is 5.53. The van der Waals surface area contributed by atoms with Crippen LogP contribution in [0.5, 0.6) is 0 Å². The molecular formula is C15H17F3N2O. The van der Waals surface area contributed by atoms with Gasteiger partial charge >= 0.3 is 6.18 Å². The average Bonchev–Trinajstić information content (AvgIpc) is 2.78. The van der Waals surface area contributed by atoms with E-state index in [0.717, 1.165) is 12.1 Å². The number of nitrogens with two attached hydrogens (primary N) is 1. The Bertz CT molecular complexity index is 636. The van der Waals surface area contributed by atoms with Crippen molar-refractivity contribution >= 4 is 6.08 Å². The van der Waals surface area contributed by atoms with E-state index in [4.69, 9.17) is 5.73 Å². The first-order valence-corrected chi connectivity index (χ1v) is 6.38. The van der Waals surface area contributed by atoms with E-state index in [1.54, 1.807) is 19.9 Å². The van der Waals surface area contributed by atoms with E-state index in [1.165, 1.54) is 6.08 Å². The summed E-state index contributed by atoms with van der Waals surface area (Å²) < 4.78 is 39.0. The number of aromatic amines is 1. The Morgan fingerprint density at radius 2 is 2.10 bits per heavy atom. The summed E-state index contributed by atoms with van der Waals surface area (Å²) in [7, 11) is 0. The van der Waals surface area contributed by atoms with Crippen LogP contribution >= 0.6 is 0 Å². The monoisotopic (exact) mass is 298 g/mol. The molecule has 0 saturated carbocycles. The van der Waals surface area contributed by atoms with Crippen molar-refractivity contribution in [3.63, 3.8) is 0 Å². The molecule has 0 aliphatic heterocycles. The first-order chi connectivity index (χ1) is 9.58. The molecule has 114 valence electrons. The smallest absolute Gasteiger partial charge is 0.418 e. The SMILES string of the molecule is C=Cc1[nH]c(C2C(C)=C(O)C=CC2(C)N)cc1C(F)(F)F. The molecule has 1 aromatic heterocycles. The first-order valence-electron chi connectivity index (χ1n) is 6.38. The van der Waals surface area contributed by atoms with E-state index in [2.05, 4.69) is 11.6 Å². The van der Waals surface area contributed by atoms with Crippen molar-refractivity contribution in [1.82, 2.24) is 4.98 Å². The third-order valence-corrected chi connectivity index (χ3v) is 3.75. The van der Waals surface area contributed by atoms with Gasteiger partial charge in [-0.25, -0.2) is 0 Å². The van der Waals surface area contributed by atoms with Gasteiger partial charge in [0, 0.05) is 22.8 Å². The molecular weight excluding hydrogens is 281 g/mol. The number of hydrogen-bond acceptors (Lipinski definition) is 2. The van der Waals surface area contributed by atoms with Crippen molar-refractivity contribution in [2.75, 3.05) is 0 Å². The molecule has 0 aromatic carbocycles. The topological polar surface area (TPSA) is 62.0 Å². The summed E-state index contributed by atoms with van der Waals surface area (Å²) in [5, 5.41) is 9.82. The lowest BCUT2D eigenvalue weighted by molar-refractivity contribution is -0.137. The van der Waals surface area contributed by atoms with Gasteiger partial charge in [-0.1, -0.05) is 12.7 Å². The van der Waals surface area contributed by atoms with Crippen LogP contribution in [0, 0.1) is 0 Å². The zero-order valence-electron chi connectivity index (χ0n) is 11.8. The number of halogens is 3. The number of allylic oxidation sites excluding steroid dienone is 1. The van der Waals surface area contributed by atoms with Gasteiger partial charge in [0.05, 0.1) is 5.56 Å². The molecule has 6 heteroatoms. The van der Waals surface area contributed by atoms with E-state index in [-0.39, 0.29) is 11.5 Å². The van der Waals surface area contributed by atoms with Crippen LogP contribution in [0.15, 0.2) is 36.1 Å². The maximum Gasteiger partial charge on any atom is 0.418 e. The van der Waals surface area contributed by atoms with Crippen LogP contribution in [0.25, 0.3) is 6.08 Å². The average molecular weight is 298 g/mol. The highest BCUT2D eigenvalue weighted by atomic mass is 19.4. The van der Waals surface area contributed by atoms with Crippen LogP contribution in [-0.2, 0) is 6.18 Å². The van der Waals surface area contributed by atoms with Gasteiger partial charge in [0.2, 0.25) is 0 Å². The molecule has 0 amide bonds. The Kier molecular flexibility index (Phi) is 3.53. The van der Waals surface area contributed by atoms with Crippen molar-refractivity contribution < 1.29 is 18.3 Å². The number of aliphatic hydroxyl groups is 1. The van der Waals surface area contributed by atoms with Crippen LogP contribution in [0.2, 0.25) is 0 Å². The fraction of sp³-hybridized carbons (Fsp3) is 0.333. The van der Waals surface area contributed by atoms with Crippen molar-refractivity contribution in [2.45, 2.75) is 31.5 Å². The Balaban J connectivity index is 2.59. The van der Waals surface area contributed by atoms with Gasteiger partial charge in [-0.05, 0) is 37.6 Å². The van der Waals surface area contributed by atoms with E-state index < -0.39 is 23.2 Å². The molecule has 21 heavy (non-hydrogen) atoms. The summed E-state index contributed by atoms with van der Waals surface area (Å²) >= 11 is 0. The van der Waals surface area contributed by atoms with Crippen LogP contribution in [0.1, 0.15) is 36.7 Å².